The number of hydrogen-bond donors (Lipinski definition) is 1. The van der Waals surface area contributed by atoms with E-state index < -0.39 is 6.10 Å². The first-order chi connectivity index (χ1) is 13.8. The molecule has 1 aromatic heterocycles. The lowest BCUT2D eigenvalue weighted by molar-refractivity contribution is 0.117. The first-order valence-electron chi connectivity index (χ1n) is 9.88. The molecule has 5 nitrogen and oxygen atoms in total. The van der Waals surface area contributed by atoms with E-state index in [1.807, 2.05) is 36.4 Å². The van der Waals surface area contributed by atoms with Gasteiger partial charge in [0.15, 0.2) is 0 Å². The van der Waals surface area contributed by atoms with Crippen LogP contribution in [0.5, 0.6) is 0 Å². The Labute approximate surface area is 165 Å². The lowest BCUT2D eigenvalue weighted by Gasteiger charge is -2.26. The molecule has 0 amide bonds. The smallest absolute Gasteiger partial charge is 0.226 e. The molecule has 1 atom stereocenters. The highest BCUT2D eigenvalue weighted by Crippen LogP contribution is 2.29. The first kappa shape index (κ1) is 18.7. The third-order valence-corrected chi connectivity index (χ3v) is 5.04. The Morgan fingerprint density at radius 1 is 0.929 bits per heavy atom. The highest BCUT2D eigenvalue weighted by Gasteiger charge is 2.24. The second-order valence-corrected chi connectivity index (χ2v) is 7.11. The van der Waals surface area contributed by atoms with E-state index in [9.17, 15) is 5.11 Å². The monoisotopic (exact) mass is 378 g/mol. The summed E-state index contributed by atoms with van der Waals surface area (Å²) >= 11 is 0. The lowest BCUT2D eigenvalue weighted by atomic mass is 10.1. The van der Waals surface area contributed by atoms with E-state index in [1.165, 1.54) is 11.1 Å². The Kier molecular flexibility index (Phi) is 6.04. The van der Waals surface area contributed by atoms with Crippen LogP contribution in [-0.4, -0.2) is 36.4 Å². The standard InChI is InChI=1S/C23H26N2O3/c26-21(12-11-18-7-3-1-4-8-18)22-24-20(17-19-9-5-2-6-10-19)23(28-22)25-13-15-27-16-14-25/h1-10,21,26H,11-17H2/t21-/m0/s1. The molecular weight excluding hydrogens is 352 g/mol. The molecular formula is C23H26N2O3. The van der Waals surface area contributed by atoms with Crippen LogP contribution in [0.2, 0.25) is 0 Å². The molecule has 0 unspecified atom stereocenters. The zero-order valence-corrected chi connectivity index (χ0v) is 16.0. The molecule has 2 heterocycles. The highest BCUT2D eigenvalue weighted by atomic mass is 16.5. The minimum Gasteiger partial charge on any atom is -0.422 e. The summed E-state index contributed by atoms with van der Waals surface area (Å²) in [6.45, 7) is 2.90. The maximum Gasteiger partial charge on any atom is 0.226 e. The van der Waals surface area contributed by atoms with Crippen LogP contribution >= 0.6 is 0 Å². The molecule has 5 heteroatoms. The molecule has 2 aromatic carbocycles. The number of aryl methyl sites for hydroxylation is 1. The van der Waals surface area contributed by atoms with Gasteiger partial charge >= 0.3 is 0 Å². The van der Waals surface area contributed by atoms with Gasteiger partial charge in [0.2, 0.25) is 11.8 Å². The average Bonchev–Trinajstić information content (AvgIpc) is 3.18. The van der Waals surface area contributed by atoms with Gasteiger partial charge in [-0.3, -0.25) is 0 Å². The molecule has 28 heavy (non-hydrogen) atoms. The zero-order chi connectivity index (χ0) is 19.2. The number of rotatable bonds is 7. The molecule has 0 bridgehead atoms. The largest absolute Gasteiger partial charge is 0.422 e. The molecule has 1 aliphatic heterocycles. The molecule has 0 radical (unpaired) electrons. The molecule has 1 saturated heterocycles. The number of oxazole rings is 1. The van der Waals surface area contributed by atoms with Crippen molar-refractivity contribution in [3.8, 4) is 0 Å². The summed E-state index contributed by atoms with van der Waals surface area (Å²) in [5, 5.41) is 10.7. The second-order valence-electron chi connectivity index (χ2n) is 7.11. The number of morpholine rings is 1. The summed E-state index contributed by atoms with van der Waals surface area (Å²) in [7, 11) is 0. The van der Waals surface area contributed by atoms with Crippen molar-refractivity contribution in [1.29, 1.82) is 0 Å². The Balaban J connectivity index is 1.53. The Morgan fingerprint density at radius 2 is 1.57 bits per heavy atom. The van der Waals surface area contributed by atoms with E-state index in [2.05, 4.69) is 29.2 Å². The van der Waals surface area contributed by atoms with Gasteiger partial charge in [0.05, 0.1) is 13.2 Å². The Bertz CT molecular complexity index is 858. The number of nitrogens with zero attached hydrogens (tertiary/aromatic N) is 2. The Hall–Kier alpha value is -2.63. The molecule has 146 valence electrons. The number of aromatic nitrogens is 1. The molecule has 1 N–H and O–H groups in total. The SMILES string of the molecule is O[C@@H](CCc1ccccc1)c1nc(Cc2ccccc2)c(N2CCOCC2)o1. The average molecular weight is 378 g/mol. The van der Waals surface area contributed by atoms with Crippen LogP contribution in [0.4, 0.5) is 5.88 Å². The third kappa shape index (κ3) is 4.61. The van der Waals surface area contributed by atoms with Crippen LogP contribution in [0, 0.1) is 0 Å². The molecule has 0 saturated carbocycles. The fraction of sp³-hybridized carbons (Fsp3) is 0.348. The summed E-state index contributed by atoms with van der Waals surface area (Å²) in [5.41, 5.74) is 3.25. The maximum absolute atomic E-state index is 10.7. The summed E-state index contributed by atoms with van der Waals surface area (Å²) in [6, 6.07) is 20.4. The predicted octanol–water partition coefficient (Wildman–Crippen LogP) is 3.77. The van der Waals surface area contributed by atoms with Crippen LogP contribution < -0.4 is 4.90 Å². The maximum atomic E-state index is 10.7. The van der Waals surface area contributed by atoms with Gasteiger partial charge < -0.3 is 19.2 Å². The minimum atomic E-state index is -0.718. The van der Waals surface area contributed by atoms with Crippen molar-refractivity contribution in [2.75, 3.05) is 31.2 Å². The normalized spacial score (nSPS) is 15.5. The van der Waals surface area contributed by atoms with Gasteiger partial charge in [-0.1, -0.05) is 60.7 Å². The van der Waals surface area contributed by atoms with Gasteiger partial charge in [-0.25, -0.2) is 4.98 Å². The van der Waals surface area contributed by atoms with Gasteiger partial charge in [-0.15, -0.1) is 0 Å². The summed E-state index contributed by atoms with van der Waals surface area (Å²) in [4.78, 5) is 6.86. The van der Waals surface area contributed by atoms with Crippen molar-refractivity contribution in [2.45, 2.75) is 25.4 Å². The van der Waals surface area contributed by atoms with Crippen LogP contribution in [0.1, 0.15) is 35.2 Å². The van der Waals surface area contributed by atoms with Crippen molar-refractivity contribution < 1.29 is 14.3 Å². The molecule has 1 fully saturated rings. The molecule has 0 spiro atoms. The summed E-state index contributed by atoms with van der Waals surface area (Å²) in [6.07, 6.45) is 1.33. The highest BCUT2D eigenvalue weighted by molar-refractivity contribution is 5.44. The topological polar surface area (TPSA) is 58.7 Å². The van der Waals surface area contributed by atoms with E-state index in [1.54, 1.807) is 0 Å². The summed E-state index contributed by atoms with van der Waals surface area (Å²) < 4.78 is 11.6. The van der Waals surface area contributed by atoms with Gasteiger partial charge in [-0.05, 0) is 24.0 Å². The van der Waals surface area contributed by atoms with Crippen molar-refractivity contribution in [1.82, 2.24) is 4.98 Å². The molecule has 4 rings (SSSR count). The summed E-state index contributed by atoms with van der Waals surface area (Å²) in [5.74, 6) is 1.17. The second kappa shape index (κ2) is 9.04. The van der Waals surface area contributed by atoms with E-state index in [0.29, 0.717) is 31.9 Å². The van der Waals surface area contributed by atoms with Crippen molar-refractivity contribution in [2.24, 2.45) is 0 Å². The zero-order valence-electron chi connectivity index (χ0n) is 16.0. The fourth-order valence-corrected chi connectivity index (χ4v) is 3.49. The number of aliphatic hydroxyl groups is 1. The molecule has 1 aliphatic rings. The number of aliphatic hydroxyl groups excluding tert-OH is 1. The van der Waals surface area contributed by atoms with Crippen LogP contribution in [0.3, 0.4) is 0 Å². The Morgan fingerprint density at radius 3 is 2.25 bits per heavy atom. The quantitative estimate of drug-likeness (QED) is 0.678. The minimum absolute atomic E-state index is 0.406. The third-order valence-electron chi connectivity index (χ3n) is 5.04. The van der Waals surface area contributed by atoms with Gasteiger partial charge in [0.1, 0.15) is 11.8 Å². The van der Waals surface area contributed by atoms with E-state index in [-0.39, 0.29) is 0 Å². The van der Waals surface area contributed by atoms with Gasteiger partial charge in [-0.2, -0.15) is 0 Å². The van der Waals surface area contributed by atoms with E-state index in [0.717, 1.165) is 31.1 Å². The van der Waals surface area contributed by atoms with Crippen LogP contribution in [-0.2, 0) is 17.6 Å². The number of ether oxygens (including phenoxy) is 1. The van der Waals surface area contributed by atoms with Crippen molar-refractivity contribution in [3.05, 3.63) is 83.4 Å². The number of benzene rings is 2. The fourth-order valence-electron chi connectivity index (χ4n) is 3.49. The van der Waals surface area contributed by atoms with Gasteiger partial charge in [0, 0.05) is 19.5 Å². The van der Waals surface area contributed by atoms with Gasteiger partial charge in [0.25, 0.3) is 0 Å². The first-order valence-corrected chi connectivity index (χ1v) is 9.88. The molecule has 0 aliphatic carbocycles. The predicted molar refractivity (Wildman–Crippen MR) is 109 cm³/mol. The number of anilines is 1. The lowest BCUT2D eigenvalue weighted by Crippen LogP contribution is -2.36. The van der Waals surface area contributed by atoms with Crippen molar-refractivity contribution in [3.63, 3.8) is 0 Å². The van der Waals surface area contributed by atoms with Crippen LogP contribution in [0.25, 0.3) is 0 Å². The van der Waals surface area contributed by atoms with E-state index >= 15 is 0 Å². The van der Waals surface area contributed by atoms with E-state index in [4.69, 9.17) is 14.1 Å². The number of hydrogen-bond acceptors (Lipinski definition) is 5. The van der Waals surface area contributed by atoms with Crippen molar-refractivity contribution >= 4 is 5.88 Å². The van der Waals surface area contributed by atoms with Crippen LogP contribution in [0.15, 0.2) is 65.1 Å². The molecule has 3 aromatic rings.